The van der Waals surface area contributed by atoms with Gasteiger partial charge in [-0.05, 0) is 104 Å². The van der Waals surface area contributed by atoms with Crippen LogP contribution in [0.1, 0.15) is 114 Å². The van der Waals surface area contributed by atoms with Gasteiger partial charge in [0.1, 0.15) is 11.7 Å². The molecule has 4 fully saturated rings. The van der Waals surface area contributed by atoms with E-state index in [1.54, 1.807) is 40.7 Å². The molecule has 18 atom stereocenters. The zero-order valence-electron chi connectivity index (χ0n) is 41.2. The number of ether oxygens (including phenoxy) is 4. The highest BCUT2D eigenvalue weighted by molar-refractivity contribution is 6.01. The summed E-state index contributed by atoms with van der Waals surface area (Å²) < 4.78 is 40.8. The minimum Gasteiger partial charge on any atom is -0.466 e. The topological polar surface area (TPSA) is 260 Å². The molecule has 0 aromatic carbocycles. The van der Waals surface area contributed by atoms with E-state index in [-0.39, 0.29) is 63.6 Å². The van der Waals surface area contributed by atoms with Crippen LogP contribution in [0.15, 0.2) is 23.8 Å². The van der Waals surface area contributed by atoms with Crippen molar-refractivity contribution in [2.45, 2.75) is 173 Å². The molecule has 0 spiro atoms. The third-order valence-electron chi connectivity index (χ3n) is 16.7. The van der Waals surface area contributed by atoms with Gasteiger partial charge >= 0.3 is 24.0 Å². The molecule has 0 aromatic rings. The van der Waals surface area contributed by atoms with Gasteiger partial charge in [-0.1, -0.05) is 46.3 Å². The van der Waals surface area contributed by atoms with Crippen LogP contribution in [0.5, 0.6) is 0 Å². The first-order valence-corrected chi connectivity index (χ1v) is 24.1. The third-order valence-corrected chi connectivity index (χ3v) is 16.7. The fraction of sp³-hybridized carbons (Fsp3) is 0.816. The lowest BCUT2D eigenvalue weighted by Gasteiger charge is -2.62. The number of cyclic esters (lactones) is 1. The van der Waals surface area contributed by atoms with E-state index in [2.05, 4.69) is 16.0 Å². The predicted molar refractivity (Wildman–Crippen MR) is 243 cm³/mol. The molecule has 3 unspecified atom stereocenters. The van der Waals surface area contributed by atoms with Gasteiger partial charge in [-0.15, -0.1) is 0 Å². The van der Waals surface area contributed by atoms with Crippen molar-refractivity contribution in [2.24, 2.45) is 46.3 Å². The number of ketones is 1. The summed E-state index contributed by atoms with van der Waals surface area (Å²) >= 11 is 0. The summed E-state index contributed by atoms with van der Waals surface area (Å²) in [5.74, 6) is -6.62. The van der Waals surface area contributed by atoms with Crippen LogP contribution in [0, 0.1) is 46.3 Å². The number of allylic oxidation sites excluding steroid dienone is 4. The Labute approximate surface area is 394 Å². The summed E-state index contributed by atoms with van der Waals surface area (Å²) in [6, 6.07) is -0.719. The molecule has 1 amide bonds. The molecule has 1 saturated heterocycles. The van der Waals surface area contributed by atoms with E-state index in [9.17, 15) is 49.5 Å². The van der Waals surface area contributed by atoms with Crippen molar-refractivity contribution < 1.29 is 72.8 Å². The Hall–Kier alpha value is -3.52. The van der Waals surface area contributed by atoms with Gasteiger partial charge in [0, 0.05) is 54.3 Å². The largest absolute Gasteiger partial charge is 0.466 e. The van der Waals surface area contributed by atoms with Crippen molar-refractivity contribution in [1.29, 1.82) is 0 Å². The smallest absolute Gasteiger partial charge is 0.407 e. The van der Waals surface area contributed by atoms with Gasteiger partial charge in [0.15, 0.2) is 17.6 Å². The molecule has 1 aliphatic heterocycles. The van der Waals surface area contributed by atoms with Crippen LogP contribution in [0.25, 0.3) is 0 Å². The van der Waals surface area contributed by atoms with Crippen LogP contribution in [0.4, 0.5) is 9.18 Å². The van der Waals surface area contributed by atoms with Crippen LogP contribution in [0.2, 0.25) is 0 Å². The number of nitrogens with one attached hydrogen (secondary N) is 3. The number of rotatable bonds is 10. The first kappa shape index (κ1) is 54.4. The molecule has 5 aliphatic rings. The van der Waals surface area contributed by atoms with E-state index in [1.807, 2.05) is 6.92 Å². The first-order valence-electron chi connectivity index (χ1n) is 24.1. The van der Waals surface area contributed by atoms with Crippen LogP contribution < -0.4 is 16.0 Å². The number of fused-ring (bicyclic) bond motifs is 5. The van der Waals surface area contributed by atoms with Crippen molar-refractivity contribution in [3.8, 4) is 0 Å². The van der Waals surface area contributed by atoms with Gasteiger partial charge in [0.2, 0.25) is 5.60 Å². The number of halogens is 1. The van der Waals surface area contributed by atoms with Crippen molar-refractivity contribution in [2.75, 3.05) is 33.3 Å². The van der Waals surface area contributed by atoms with E-state index in [4.69, 9.17) is 18.9 Å². The first-order chi connectivity index (χ1) is 31.1. The van der Waals surface area contributed by atoms with Gasteiger partial charge in [0.05, 0.1) is 43.4 Å². The van der Waals surface area contributed by atoms with Crippen molar-refractivity contribution in [3.63, 3.8) is 0 Å². The fourth-order valence-electron chi connectivity index (χ4n) is 12.8. The molecule has 380 valence electrons. The van der Waals surface area contributed by atoms with Crippen molar-refractivity contribution in [3.05, 3.63) is 23.8 Å². The van der Waals surface area contributed by atoms with Crippen molar-refractivity contribution >= 4 is 29.8 Å². The Morgan fingerprint density at radius 2 is 1.64 bits per heavy atom. The third kappa shape index (κ3) is 9.83. The second-order valence-electron chi connectivity index (χ2n) is 21.4. The number of hydrogen-bond acceptors (Lipinski definition) is 16. The number of methoxy groups -OCH3 is 1. The van der Waals surface area contributed by atoms with E-state index in [0.717, 1.165) is 0 Å². The lowest BCUT2D eigenvalue weighted by Crippen LogP contribution is -2.70. The maximum atomic E-state index is 17.7. The fourth-order valence-corrected chi connectivity index (χ4v) is 12.8. The van der Waals surface area contributed by atoms with E-state index < -0.39 is 123 Å². The lowest BCUT2D eigenvalue weighted by molar-refractivity contribution is -0.235. The number of carbonyl (C=O) groups excluding carboxylic acids is 5. The van der Waals surface area contributed by atoms with Gasteiger partial charge in [-0.25, -0.2) is 14.0 Å². The average molecular weight is 952 g/mol. The molecule has 5 rings (SSSR count). The second kappa shape index (κ2) is 20.4. The van der Waals surface area contributed by atoms with E-state index in [1.165, 1.54) is 47.0 Å². The van der Waals surface area contributed by atoms with Crippen LogP contribution in [-0.2, 0) is 38.1 Å². The summed E-state index contributed by atoms with van der Waals surface area (Å²) in [6.07, 6.45) is -2.34. The summed E-state index contributed by atoms with van der Waals surface area (Å²) in [5.41, 5.74) is -9.32. The highest BCUT2D eigenvalue weighted by Crippen LogP contribution is 2.71. The minimum absolute atomic E-state index is 0.0189. The number of alkyl carbamates (subject to hydrolysis) is 1. The lowest BCUT2D eigenvalue weighted by atomic mass is 9.44. The van der Waals surface area contributed by atoms with Crippen LogP contribution in [0.3, 0.4) is 0 Å². The molecule has 17 nitrogen and oxygen atoms in total. The zero-order valence-corrected chi connectivity index (χ0v) is 41.2. The van der Waals surface area contributed by atoms with E-state index in [0.29, 0.717) is 24.8 Å². The summed E-state index contributed by atoms with van der Waals surface area (Å²) in [7, 11) is 1.20. The molecular weight excluding hydrogens is 874 g/mol. The summed E-state index contributed by atoms with van der Waals surface area (Å²) in [4.78, 5) is 66.5. The molecule has 4 aliphatic carbocycles. The Balaban J connectivity index is 1.21. The number of esters is 3. The number of hydrogen-bond donors (Lipinski definition) is 8. The maximum absolute atomic E-state index is 17.7. The molecule has 0 bridgehead atoms. The SMILES string of the molecule is CC[C@H]1OC(=O)[C@H](C)[C@@H](O)[C@H](C)[C@@H](O)[C@](C)(O)C[C@@H](C)CN[C@H](C)C(OC(=O)NCCNCCC(=O)O[C@]2(C(=O)OC)[C@H](C)CC3C4CCC5=CC(=O)C=C[C@]5(C)[C@@]4(F)[C@@H](O)C[C@@]32C)[C@]1(C)O. The number of aliphatic hydroxyl groups excluding tert-OH is 3. The molecule has 0 aromatic heterocycles. The van der Waals surface area contributed by atoms with Gasteiger partial charge in [-0.3, -0.25) is 14.4 Å². The Morgan fingerprint density at radius 3 is 2.28 bits per heavy atom. The Kier molecular flexibility index (Phi) is 16.6. The number of alkyl halides is 1. The quantitative estimate of drug-likeness (QED) is 0.0890. The molecular formula is C49H78FN3O14. The Bertz CT molecular complexity index is 1910. The number of carbonyl (C=O) groups is 5. The molecule has 3 saturated carbocycles. The molecule has 18 heteroatoms. The normalized spacial score (nSPS) is 44.9. The highest BCUT2D eigenvalue weighted by Gasteiger charge is 2.78. The zero-order chi connectivity index (χ0) is 50.2. The minimum atomic E-state index is -2.14. The summed E-state index contributed by atoms with van der Waals surface area (Å²) in [5, 5.41) is 66.1. The highest BCUT2D eigenvalue weighted by atomic mass is 19.1. The molecule has 8 N–H and O–H groups in total. The monoisotopic (exact) mass is 952 g/mol. The molecule has 67 heavy (non-hydrogen) atoms. The molecule has 0 radical (unpaired) electrons. The second-order valence-corrected chi connectivity index (χ2v) is 21.4. The van der Waals surface area contributed by atoms with Gasteiger partial charge in [-0.2, -0.15) is 0 Å². The summed E-state index contributed by atoms with van der Waals surface area (Å²) in [6.45, 7) is 16.9. The predicted octanol–water partition coefficient (Wildman–Crippen LogP) is 2.97. The number of aliphatic hydroxyl groups is 5. The van der Waals surface area contributed by atoms with E-state index >= 15 is 4.39 Å². The van der Waals surface area contributed by atoms with Crippen LogP contribution >= 0.6 is 0 Å². The van der Waals surface area contributed by atoms with Crippen molar-refractivity contribution in [1.82, 2.24) is 16.0 Å². The Morgan fingerprint density at radius 1 is 0.970 bits per heavy atom. The molecule has 1 heterocycles. The van der Waals surface area contributed by atoms with Gasteiger partial charge < -0.3 is 60.4 Å². The standard InChI is InChI=1S/C49H78FN3O14/c1-12-36-47(10,63)40(30(6)53-25-26(2)23-46(9,62)39(58)28(4)38(57)29(5)41(59)65-36)66-43(61)52-20-19-51-18-16-37(56)67-49(42(60)64-11)27(3)21-34-33-14-13-31-22-32(54)15-17-44(31,7)48(33,50)35(55)24-45(34,49)8/h15,17,22,26-30,33-36,38-40,51,53,55,57-58,62-63H,12-14,16,18-21,23-25H2,1-11H3,(H,52,61)/t26-,27-,28+,29-,30-,33?,34?,35+,36-,38+,39-,40?,44+,45+,46-,47-,48+,49+/m1/s1. The average Bonchev–Trinajstić information content (AvgIpc) is 3.48. The number of amides is 1. The van der Waals surface area contributed by atoms with Gasteiger partial charge in [0.25, 0.3) is 0 Å². The maximum Gasteiger partial charge on any atom is 0.407 e. The van der Waals surface area contributed by atoms with Crippen LogP contribution in [-0.4, -0.2) is 148 Å².